The second-order valence-electron chi connectivity index (χ2n) is 3.76. The second kappa shape index (κ2) is 8.86. The molecular weight excluding hydrogens is 333 g/mol. The van der Waals surface area contributed by atoms with Crippen LogP contribution in [0.3, 0.4) is 0 Å². The van der Waals surface area contributed by atoms with Crippen LogP contribution in [0.4, 0.5) is 5.69 Å². The van der Waals surface area contributed by atoms with Gasteiger partial charge in [0.1, 0.15) is 11.5 Å². The van der Waals surface area contributed by atoms with Crippen LogP contribution in [0.1, 0.15) is 0 Å². The number of hydrogen-bond donors (Lipinski definition) is 0. The Hall–Kier alpha value is -2.31. The molecule has 0 atom stereocenters. The van der Waals surface area contributed by atoms with Crippen LogP contribution >= 0.6 is 23.2 Å². The van der Waals surface area contributed by atoms with Crippen molar-refractivity contribution in [1.29, 1.82) is 0 Å². The van der Waals surface area contributed by atoms with Crippen LogP contribution in [0.25, 0.3) is 0 Å². The van der Waals surface area contributed by atoms with E-state index in [9.17, 15) is 10.1 Å². The van der Waals surface area contributed by atoms with Gasteiger partial charge in [0.25, 0.3) is 12.2 Å². The van der Waals surface area contributed by atoms with Crippen LogP contribution in [-0.2, 0) is 9.53 Å². The summed E-state index contributed by atoms with van der Waals surface area (Å²) in [5, 5.41) is 11.4. The van der Waals surface area contributed by atoms with Gasteiger partial charge < -0.3 is 9.47 Å². The zero-order chi connectivity index (χ0) is 16.5. The number of rotatable bonds is 4. The van der Waals surface area contributed by atoms with Crippen molar-refractivity contribution >= 4 is 35.4 Å². The molecule has 8 heteroatoms. The van der Waals surface area contributed by atoms with E-state index in [1.807, 2.05) is 0 Å². The van der Waals surface area contributed by atoms with E-state index < -0.39 is 4.92 Å². The Morgan fingerprint density at radius 1 is 1.14 bits per heavy atom. The summed E-state index contributed by atoms with van der Waals surface area (Å²) in [5.41, 5.74) is 0.00422. The summed E-state index contributed by atoms with van der Waals surface area (Å²) in [6.45, 7) is 0.375. The summed E-state index contributed by atoms with van der Waals surface area (Å²) in [7, 11) is 1.31. The summed E-state index contributed by atoms with van der Waals surface area (Å²) in [6.07, 6.45) is 0. The smallest absolute Gasteiger partial charge is 0.292 e. The predicted octanol–water partition coefficient (Wildman–Crippen LogP) is 4.48. The molecule has 2 aromatic rings. The fraction of sp³-hybridized carbons (Fsp3) is 0.0714. The zero-order valence-electron chi connectivity index (χ0n) is 11.4. The largest absolute Gasteiger partial charge is 0.471 e. The van der Waals surface area contributed by atoms with Crippen LogP contribution in [0, 0.1) is 10.1 Å². The standard InChI is InChI=1S/C12H7Cl2NO3.C2H4O2/c13-8-1-6-12(11(14)7-8)18-10-4-2-9(3-5-10)15(16)17;1-4-2-3/h1-7H;2H,1H3. The number of nitro groups is 1. The highest BCUT2D eigenvalue weighted by molar-refractivity contribution is 6.35. The lowest BCUT2D eigenvalue weighted by Crippen LogP contribution is -1.88. The molecule has 2 rings (SSSR count). The molecule has 0 fully saturated rings. The molecule has 22 heavy (non-hydrogen) atoms. The number of halogens is 2. The first-order valence-electron chi connectivity index (χ1n) is 5.81. The molecule has 0 N–H and O–H groups in total. The molecule has 0 spiro atoms. The molecule has 0 bridgehead atoms. The molecular formula is C14H11Cl2NO5. The highest BCUT2D eigenvalue weighted by Crippen LogP contribution is 2.32. The molecule has 2 aromatic carbocycles. The second-order valence-corrected chi connectivity index (χ2v) is 4.60. The van der Waals surface area contributed by atoms with Gasteiger partial charge in [0.2, 0.25) is 0 Å². The van der Waals surface area contributed by atoms with E-state index in [1.54, 1.807) is 18.2 Å². The highest BCUT2D eigenvalue weighted by atomic mass is 35.5. The first-order chi connectivity index (χ1) is 10.5. The van der Waals surface area contributed by atoms with Crippen LogP contribution in [0.5, 0.6) is 11.5 Å². The maximum absolute atomic E-state index is 10.5. The molecule has 0 aliphatic carbocycles. The number of carbonyl (C=O) groups excluding carboxylic acids is 1. The minimum Gasteiger partial charge on any atom is -0.471 e. The Labute approximate surface area is 136 Å². The number of ether oxygens (including phenoxy) is 2. The minimum absolute atomic E-state index is 0.00422. The number of non-ortho nitro benzene ring substituents is 1. The summed E-state index contributed by atoms with van der Waals surface area (Å²) < 4.78 is 9.35. The monoisotopic (exact) mass is 343 g/mol. The van der Waals surface area contributed by atoms with Crippen molar-refractivity contribution in [1.82, 2.24) is 0 Å². The lowest BCUT2D eigenvalue weighted by molar-refractivity contribution is -0.384. The topological polar surface area (TPSA) is 78.7 Å². The number of carbonyl (C=O) groups is 1. The number of nitrogens with zero attached hydrogens (tertiary/aromatic N) is 1. The molecule has 116 valence electrons. The van der Waals surface area contributed by atoms with Gasteiger partial charge >= 0.3 is 0 Å². The maximum Gasteiger partial charge on any atom is 0.292 e. The molecule has 0 aromatic heterocycles. The van der Waals surface area contributed by atoms with Gasteiger partial charge in [-0.05, 0) is 30.3 Å². The van der Waals surface area contributed by atoms with Gasteiger partial charge in [0.05, 0.1) is 17.1 Å². The quantitative estimate of drug-likeness (QED) is 0.464. The molecule has 0 unspecified atom stereocenters. The van der Waals surface area contributed by atoms with Gasteiger partial charge in [-0.2, -0.15) is 0 Å². The fourth-order valence-electron chi connectivity index (χ4n) is 1.32. The summed E-state index contributed by atoms with van der Waals surface area (Å²) in [5.74, 6) is 0.903. The highest BCUT2D eigenvalue weighted by Gasteiger charge is 2.07. The van der Waals surface area contributed by atoms with Crippen molar-refractivity contribution in [2.24, 2.45) is 0 Å². The number of benzene rings is 2. The van der Waals surface area contributed by atoms with Crippen LogP contribution in [-0.4, -0.2) is 18.5 Å². The molecule has 6 nitrogen and oxygen atoms in total. The van der Waals surface area contributed by atoms with E-state index in [1.165, 1.54) is 31.4 Å². The molecule has 0 amide bonds. The average molecular weight is 344 g/mol. The molecule has 0 aliphatic heterocycles. The van der Waals surface area contributed by atoms with E-state index in [0.29, 0.717) is 28.0 Å². The van der Waals surface area contributed by atoms with Gasteiger partial charge in [0, 0.05) is 17.2 Å². The van der Waals surface area contributed by atoms with Crippen LogP contribution in [0.2, 0.25) is 10.0 Å². The third kappa shape index (κ3) is 5.59. The number of nitro benzene ring substituents is 1. The molecule has 0 heterocycles. The van der Waals surface area contributed by atoms with E-state index in [2.05, 4.69) is 4.74 Å². The van der Waals surface area contributed by atoms with Gasteiger partial charge in [-0.25, -0.2) is 0 Å². The maximum atomic E-state index is 10.5. The van der Waals surface area contributed by atoms with Gasteiger partial charge in [-0.15, -0.1) is 0 Å². The van der Waals surface area contributed by atoms with Crippen molar-refractivity contribution in [2.45, 2.75) is 0 Å². The van der Waals surface area contributed by atoms with Gasteiger partial charge in [-0.3, -0.25) is 14.9 Å². The third-order valence-corrected chi connectivity index (χ3v) is 2.80. The average Bonchev–Trinajstić information content (AvgIpc) is 2.51. The molecule has 0 saturated heterocycles. The SMILES string of the molecule is COC=O.O=[N+]([O-])c1ccc(Oc2ccc(Cl)cc2Cl)cc1. The Kier molecular flexibility index (Phi) is 7.15. The number of hydrogen-bond acceptors (Lipinski definition) is 5. The van der Waals surface area contributed by atoms with Gasteiger partial charge in [-0.1, -0.05) is 23.2 Å². The van der Waals surface area contributed by atoms with Crippen molar-refractivity contribution in [3.05, 3.63) is 62.6 Å². The van der Waals surface area contributed by atoms with E-state index >= 15 is 0 Å². The molecule has 0 saturated carbocycles. The first-order valence-corrected chi connectivity index (χ1v) is 6.57. The summed E-state index contributed by atoms with van der Waals surface area (Å²) in [4.78, 5) is 19.0. The Morgan fingerprint density at radius 2 is 1.73 bits per heavy atom. The lowest BCUT2D eigenvalue weighted by atomic mass is 10.3. The van der Waals surface area contributed by atoms with Gasteiger partial charge in [0.15, 0.2) is 0 Å². The summed E-state index contributed by atoms with van der Waals surface area (Å²) >= 11 is 11.7. The lowest BCUT2D eigenvalue weighted by Gasteiger charge is -2.07. The van der Waals surface area contributed by atoms with E-state index in [0.717, 1.165) is 0 Å². The normalized spacial score (nSPS) is 9.23. The van der Waals surface area contributed by atoms with E-state index in [-0.39, 0.29) is 5.69 Å². The van der Waals surface area contributed by atoms with E-state index in [4.69, 9.17) is 32.7 Å². The van der Waals surface area contributed by atoms with Crippen molar-refractivity contribution < 1.29 is 19.2 Å². The Balaban J connectivity index is 0.000000541. The summed E-state index contributed by atoms with van der Waals surface area (Å²) in [6, 6.07) is 10.6. The predicted molar refractivity (Wildman–Crippen MR) is 82.7 cm³/mol. The minimum atomic E-state index is -0.473. The van der Waals surface area contributed by atoms with Crippen LogP contribution < -0.4 is 4.74 Å². The first kappa shape index (κ1) is 17.7. The van der Waals surface area contributed by atoms with Crippen LogP contribution in [0.15, 0.2) is 42.5 Å². The third-order valence-electron chi connectivity index (χ3n) is 2.27. The Bertz CT molecular complexity index is 646. The van der Waals surface area contributed by atoms with Crippen molar-refractivity contribution in [3.8, 4) is 11.5 Å². The molecule has 0 radical (unpaired) electrons. The number of methoxy groups -OCH3 is 1. The molecule has 0 aliphatic rings. The van der Waals surface area contributed by atoms with Crippen molar-refractivity contribution in [2.75, 3.05) is 7.11 Å². The van der Waals surface area contributed by atoms with Crippen molar-refractivity contribution in [3.63, 3.8) is 0 Å². The fourth-order valence-corrected chi connectivity index (χ4v) is 1.77. The Morgan fingerprint density at radius 3 is 2.18 bits per heavy atom. The zero-order valence-corrected chi connectivity index (χ0v) is 12.9.